The Morgan fingerprint density at radius 1 is 1.48 bits per heavy atom. The lowest BCUT2D eigenvalue weighted by atomic mass is 9.97. The Morgan fingerprint density at radius 2 is 2.29 bits per heavy atom. The fourth-order valence-corrected chi connectivity index (χ4v) is 2.89. The molecule has 118 valence electrons. The van der Waals surface area contributed by atoms with Crippen molar-refractivity contribution in [3.8, 4) is 0 Å². The van der Waals surface area contributed by atoms with Crippen LogP contribution in [0.25, 0.3) is 0 Å². The second-order valence-electron chi connectivity index (χ2n) is 5.95. The summed E-state index contributed by atoms with van der Waals surface area (Å²) in [6.07, 6.45) is 4.42. The average molecular weight is 402 g/mol. The number of aromatic nitrogens is 1. The summed E-state index contributed by atoms with van der Waals surface area (Å²) in [7, 11) is 1.86. The molecule has 1 aliphatic heterocycles. The highest BCUT2D eigenvalue weighted by atomic mass is 127. The van der Waals surface area contributed by atoms with Crippen LogP contribution in [0, 0.1) is 11.8 Å². The normalized spacial score (nSPS) is 18.8. The van der Waals surface area contributed by atoms with Crippen molar-refractivity contribution in [1.82, 2.24) is 15.2 Å². The predicted octanol–water partition coefficient (Wildman–Crippen LogP) is 3.14. The molecule has 1 aliphatic rings. The first-order chi connectivity index (χ1) is 9.69. The first-order valence-electron chi connectivity index (χ1n) is 7.54. The van der Waals surface area contributed by atoms with E-state index in [2.05, 4.69) is 34.0 Å². The van der Waals surface area contributed by atoms with Crippen LogP contribution in [0.5, 0.6) is 0 Å². The number of nitrogens with zero attached hydrogens (tertiary/aromatic N) is 3. The Balaban J connectivity index is 0.00000220. The van der Waals surface area contributed by atoms with Gasteiger partial charge in [-0.25, -0.2) is 0 Å². The monoisotopic (exact) mass is 402 g/mol. The van der Waals surface area contributed by atoms with Gasteiger partial charge in [-0.1, -0.05) is 19.9 Å². The Morgan fingerprint density at radius 3 is 2.90 bits per heavy atom. The Bertz CT molecular complexity index is 433. The van der Waals surface area contributed by atoms with Crippen molar-refractivity contribution in [3.63, 3.8) is 0 Å². The van der Waals surface area contributed by atoms with E-state index in [4.69, 9.17) is 0 Å². The Hall–Kier alpha value is -0.850. The lowest BCUT2D eigenvalue weighted by molar-refractivity contribution is 0.403. The summed E-state index contributed by atoms with van der Waals surface area (Å²) in [6, 6.07) is 5.99. The number of likely N-dealkylation sites (tertiary alicyclic amines) is 1. The van der Waals surface area contributed by atoms with Crippen LogP contribution in [-0.4, -0.2) is 36.0 Å². The number of guanidine groups is 1. The zero-order valence-electron chi connectivity index (χ0n) is 13.2. The molecule has 0 spiro atoms. The molecule has 0 aliphatic carbocycles. The second-order valence-corrected chi connectivity index (χ2v) is 5.95. The van der Waals surface area contributed by atoms with Crippen LogP contribution < -0.4 is 5.32 Å². The number of aliphatic imine (C=N–C) groups is 1. The zero-order valence-corrected chi connectivity index (χ0v) is 15.6. The molecule has 0 bridgehead atoms. The van der Waals surface area contributed by atoms with Crippen LogP contribution in [-0.2, 0) is 6.54 Å². The maximum Gasteiger partial charge on any atom is 0.193 e. The number of nitrogens with one attached hydrogen (secondary N) is 1. The molecule has 1 N–H and O–H groups in total. The van der Waals surface area contributed by atoms with Gasteiger partial charge >= 0.3 is 0 Å². The van der Waals surface area contributed by atoms with Crippen LogP contribution in [0.1, 0.15) is 32.4 Å². The quantitative estimate of drug-likeness (QED) is 0.478. The molecule has 5 heteroatoms. The van der Waals surface area contributed by atoms with Gasteiger partial charge < -0.3 is 10.2 Å². The number of hydrogen-bond donors (Lipinski definition) is 1. The van der Waals surface area contributed by atoms with Gasteiger partial charge in [0.2, 0.25) is 0 Å². The van der Waals surface area contributed by atoms with E-state index in [1.807, 2.05) is 31.4 Å². The average Bonchev–Trinajstić information content (AvgIpc) is 2.88. The van der Waals surface area contributed by atoms with Crippen molar-refractivity contribution in [2.45, 2.75) is 33.2 Å². The van der Waals surface area contributed by atoms with Gasteiger partial charge in [-0.2, -0.15) is 0 Å². The highest BCUT2D eigenvalue weighted by Gasteiger charge is 2.25. The van der Waals surface area contributed by atoms with E-state index in [0.717, 1.165) is 43.1 Å². The topological polar surface area (TPSA) is 40.5 Å². The van der Waals surface area contributed by atoms with E-state index in [-0.39, 0.29) is 24.0 Å². The van der Waals surface area contributed by atoms with Gasteiger partial charge in [-0.05, 0) is 36.8 Å². The van der Waals surface area contributed by atoms with E-state index in [0.29, 0.717) is 0 Å². The molecule has 1 fully saturated rings. The van der Waals surface area contributed by atoms with Crippen LogP contribution in [0.2, 0.25) is 0 Å². The molecule has 21 heavy (non-hydrogen) atoms. The highest BCUT2D eigenvalue weighted by molar-refractivity contribution is 14.0. The molecular weight excluding hydrogens is 375 g/mol. The molecule has 0 aromatic carbocycles. The molecule has 0 radical (unpaired) electrons. The summed E-state index contributed by atoms with van der Waals surface area (Å²) in [5.74, 6) is 2.59. The third-order valence-corrected chi connectivity index (χ3v) is 3.76. The summed E-state index contributed by atoms with van der Waals surface area (Å²) in [6.45, 7) is 7.58. The van der Waals surface area contributed by atoms with E-state index in [1.165, 1.54) is 12.8 Å². The lowest BCUT2D eigenvalue weighted by Gasteiger charge is -2.22. The number of rotatable bonds is 4. The standard InChI is InChI=1S/C16H26N4.HI/c1-13(2)10-14-7-9-20(12-14)16(17-3)19-11-15-6-4-5-8-18-15;/h4-6,8,13-14H,7,9-12H2,1-3H3,(H,17,19);1H. The van der Waals surface area contributed by atoms with Gasteiger partial charge in [0, 0.05) is 26.3 Å². The van der Waals surface area contributed by atoms with Crippen molar-refractivity contribution in [1.29, 1.82) is 0 Å². The summed E-state index contributed by atoms with van der Waals surface area (Å²) >= 11 is 0. The van der Waals surface area contributed by atoms with Crippen molar-refractivity contribution in [2.75, 3.05) is 20.1 Å². The fraction of sp³-hybridized carbons (Fsp3) is 0.625. The molecule has 0 saturated carbocycles. The SMILES string of the molecule is CN=C(NCc1ccccn1)N1CCC(CC(C)C)C1.I. The predicted molar refractivity (Wildman–Crippen MR) is 99.0 cm³/mol. The molecule has 1 aromatic rings. The van der Waals surface area contributed by atoms with Crippen LogP contribution in [0.15, 0.2) is 29.4 Å². The van der Waals surface area contributed by atoms with E-state index < -0.39 is 0 Å². The van der Waals surface area contributed by atoms with Crippen LogP contribution in [0.4, 0.5) is 0 Å². The fourth-order valence-electron chi connectivity index (χ4n) is 2.89. The maximum atomic E-state index is 4.40. The molecule has 1 saturated heterocycles. The zero-order chi connectivity index (χ0) is 14.4. The molecule has 1 atom stereocenters. The first kappa shape index (κ1) is 18.2. The highest BCUT2D eigenvalue weighted by Crippen LogP contribution is 2.23. The Labute approximate surface area is 145 Å². The minimum atomic E-state index is 0. The first-order valence-corrected chi connectivity index (χ1v) is 7.54. The molecule has 4 nitrogen and oxygen atoms in total. The molecule has 0 amide bonds. The van der Waals surface area contributed by atoms with Crippen LogP contribution in [0.3, 0.4) is 0 Å². The van der Waals surface area contributed by atoms with Crippen molar-refractivity contribution in [2.24, 2.45) is 16.8 Å². The number of pyridine rings is 1. The summed E-state index contributed by atoms with van der Waals surface area (Å²) in [5, 5.41) is 3.41. The molecule has 1 unspecified atom stereocenters. The minimum absolute atomic E-state index is 0. The van der Waals surface area contributed by atoms with Gasteiger partial charge in [0.05, 0.1) is 12.2 Å². The third kappa shape index (κ3) is 5.80. The van der Waals surface area contributed by atoms with Gasteiger partial charge in [-0.3, -0.25) is 9.98 Å². The maximum absolute atomic E-state index is 4.40. The van der Waals surface area contributed by atoms with Crippen molar-refractivity contribution < 1.29 is 0 Å². The molecule has 1 aromatic heterocycles. The second kappa shape index (κ2) is 9.23. The smallest absolute Gasteiger partial charge is 0.193 e. The molecule has 2 rings (SSSR count). The van der Waals surface area contributed by atoms with Crippen molar-refractivity contribution in [3.05, 3.63) is 30.1 Å². The summed E-state index contributed by atoms with van der Waals surface area (Å²) < 4.78 is 0. The van der Waals surface area contributed by atoms with E-state index >= 15 is 0 Å². The Kier molecular flexibility index (Phi) is 8.00. The van der Waals surface area contributed by atoms with E-state index in [9.17, 15) is 0 Å². The van der Waals surface area contributed by atoms with E-state index in [1.54, 1.807) is 0 Å². The lowest BCUT2D eigenvalue weighted by Crippen LogP contribution is -2.39. The van der Waals surface area contributed by atoms with Crippen LogP contribution >= 0.6 is 24.0 Å². The molecule has 2 heterocycles. The third-order valence-electron chi connectivity index (χ3n) is 3.76. The largest absolute Gasteiger partial charge is 0.351 e. The number of hydrogen-bond acceptors (Lipinski definition) is 2. The number of halogens is 1. The van der Waals surface area contributed by atoms with Gasteiger partial charge in [0.25, 0.3) is 0 Å². The molecular formula is C16H27IN4. The summed E-state index contributed by atoms with van der Waals surface area (Å²) in [4.78, 5) is 11.1. The van der Waals surface area contributed by atoms with Gasteiger partial charge in [0.1, 0.15) is 0 Å². The summed E-state index contributed by atoms with van der Waals surface area (Å²) in [5.41, 5.74) is 1.05. The van der Waals surface area contributed by atoms with Crippen molar-refractivity contribution >= 4 is 29.9 Å². The van der Waals surface area contributed by atoms with Gasteiger partial charge in [0.15, 0.2) is 5.96 Å². The minimum Gasteiger partial charge on any atom is -0.351 e. The van der Waals surface area contributed by atoms with Gasteiger partial charge in [-0.15, -0.1) is 24.0 Å².